The number of hydrogen-bond acceptors (Lipinski definition) is 0. The summed E-state index contributed by atoms with van der Waals surface area (Å²) in [4.78, 5) is 0. The molecule has 0 unspecified atom stereocenters. The molecule has 1 aromatic carbocycles. The Morgan fingerprint density at radius 1 is 0.407 bits per heavy atom. The fourth-order valence-corrected chi connectivity index (χ4v) is 3.98. The van der Waals surface area contributed by atoms with Gasteiger partial charge in [0, 0.05) is 0 Å². The van der Waals surface area contributed by atoms with Crippen LogP contribution in [-0.4, -0.2) is 0 Å². The molecule has 0 heteroatoms. The normalized spacial score (nSPS) is 11.1. The van der Waals surface area contributed by atoms with E-state index in [1.165, 1.54) is 128 Å². The molecule has 0 atom stereocenters. The highest BCUT2D eigenvalue weighted by atomic mass is 14.0. The molecule has 0 saturated carbocycles. The molecule has 0 spiro atoms. The second-order valence-electron chi connectivity index (χ2n) is 8.45. The first kappa shape index (κ1) is 24.3. The fourth-order valence-electron chi connectivity index (χ4n) is 3.98. The summed E-state index contributed by atoms with van der Waals surface area (Å²) in [5, 5.41) is 0. The van der Waals surface area contributed by atoms with Gasteiger partial charge in [-0.05, 0) is 18.4 Å². The Morgan fingerprint density at radius 3 is 1.11 bits per heavy atom. The van der Waals surface area contributed by atoms with Crippen molar-refractivity contribution in [3.63, 3.8) is 0 Å². The molecule has 0 N–H and O–H groups in total. The lowest BCUT2D eigenvalue weighted by Crippen LogP contribution is -1.86. The lowest BCUT2D eigenvalue weighted by Gasteiger charge is -2.04. The van der Waals surface area contributed by atoms with E-state index in [4.69, 9.17) is 0 Å². The minimum absolute atomic E-state index is 1.12. The van der Waals surface area contributed by atoms with Crippen LogP contribution in [0.2, 0.25) is 0 Å². The zero-order valence-corrected chi connectivity index (χ0v) is 18.2. The van der Waals surface area contributed by atoms with Gasteiger partial charge in [0.05, 0.1) is 0 Å². The minimum Gasteiger partial charge on any atom is -0.0622 e. The van der Waals surface area contributed by atoms with Gasteiger partial charge in [0.1, 0.15) is 0 Å². The SMILES string of the molecule is [CH2]CCCCCCCCCCCCCCCCCCCCc1ccccc1. The van der Waals surface area contributed by atoms with E-state index in [9.17, 15) is 0 Å². The summed E-state index contributed by atoms with van der Waals surface area (Å²) < 4.78 is 0. The molecule has 0 saturated heterocycles. The maximum Gasteiger partial charge on any atom is -0.0279 e. The van der Waals surface area contributed by atoms with Crippen molar-refractivity contribution in [2.75, 3.05) is 0 Å². The van der Waals surface area contributed by atoms with Gasteiger partial charge in [-0.2, -0.15) is 0 Å². The summed E-state index contributed by atoms with van der Waals surface area (Å²) in [6, 6.07) is 10.9. The molecule has 27 heavy (non-hydrogen) atoms. The molecule has 155 valence electrons. The van der Waals surface area contributed by atoms with Crippen molar-refractivity contribution in [3.05, 3.63) is 42.8 Å². The van der Waals surface area contributed by atoms with Gasteiger partial charge in [-0.25, -0.2) is 0 Å². The molecule has 0 aliphatic carbocycles. The first-order chi connectivity index (χ1) is 13.4. The van der Waals surface area contributed by atoms with E-state index >= 15 is 0 Å². The quantitative estimate of drug-likeness (QED) is 0.200. The van der Waals surface area contributed by atoms with Gasteiger partial charge in [0.15, 0.2) is 0 Å². The monoisotopic (exact) mass is 371 g/mol. The largest absolute Gasteiger partial charge is 0.0622 e. The Hall–Kier alpha value is -0.780. The van der Waals surface area contributed by atoms with E-state index in [2.05, 4.69) is 37.3 Å². The zero-order valence-electron chi connectivity index (χ0n) is 18.2. The van der Waals surface area contributed by atoms with Crippen molar-refractivity contribution < 1.29 is 0 Å². The van der Waals surface area contributed by atoms with Crippen molar-refractivity contribution in [1.82, 2.24) is 0 Å². The molecule has 0 fully saturated rings. The first-order valence-electron chi connectivity index (χ1n) is 12.3. The Kier molecular flexibility index (Phi) is 17.9. The summed E-state index contributed by atoms with van der Waals surface area (Å²) >= 11 is 0. The second-order valence-corrected chi connectivity index (χ2v) is 8.45. The Labute approximate surface area is 171 Å². The number of aryl methyl sites for hydroxylation is 1. The van der Waals surface area contributed by atoms with Crippen LogP contribution in [0.5, 0.6) is 0 Å². The third-order valence-corrected chi connectivity index (χ3v) is 5.81. The van der Waals surface area contributed by atoms with Crippen LogP contribution in [0, 0.1) is 6.92 Å². The molecule has 1 radical (unpaired) electrons. The number of unbranched alkanes of at least 4 members (excludes halogenated alkanes) is 18. The molecule has 0 amide bonds. The maximum atomic E-state index is 3.91. The predicted octanol–water partition coefficient (Wildman–Crippen LogP) is 9.48. The molecule has 1 aromatic rings. The topological polar surface area (TPSA) is 0 Å². The Balaban J connectivity index is 1.67. The van der Waals surface area contributed by atoms with E-state index in [1.807, 2.05) is 0 Å². The minimum atomic E-state index is 1.12. The van der Waals surface area contributed by atoms with Crippen LogP contribution in [0.3, 0.4) is 0 Å². The van der Waals surface area contributed by atoms with E-state index in [1.54, 1.807) is 0 Å². The van der Waals surface area contributed by atoms with Gasteiger partial charge in [-0.15, -0.1) is 0 Å². The zero-order chi connectivity index (χ0) is 19.3. The van der Waals surface area contributed by atoms with Crippen molar-refractivity contribution in [1.29, 1.82) is 0 Å². The van der Waals surface area contributed by atoms with Crippen LogP contribution >= 0.6 is 0 Å². The van der Waals surface area contributed by atoms with Gasteiger partial charge < -0.3 is 0 Å². The molecule has 1 rings (SSSR count). The summed E-state index contributed by atoms with van der Waals surface area (Å²) in [6.45, 7) is 3.91. The van der Waals surface area contributed by atoms with Crippen molar-refractivity contribution in [2.45, 2.75) is 128 Å². The summed E-state index contributed by atoms with van der Waals surface area (Å²) in [6.07, 6.45) is 28.3. The van der Waals surface area contributed by atoms with E-state index in [0.29, 0.717) is 0 Å². The smallest absolute Gasteiger partial charge is 0.0279 e. The Bertz CT molecular complexity index is 380. The van der Waals surface area contributed by atoms with Crippen LogP contribution in [0.4, 0.5) is 0 Å². The number of benzene rings is 1. The predicted molar refractivity (Wildman–Crippen MR) is 123 cm³/mol. The van der Waals surface area contributed by atoms with E-state index in [-0.39, 0.29) is 0 Å². The highest BCUT2D eigenvalue weighted by Gasteiger charge is 1.96. The molecule has 0 heterocycles. The highest BCUT2D eigenvalue weighted by Crippen LogP contribution is 2.15. The average molecular weight is 372 g/mol. The van der Waals surface area contributed by atoms with E-state index < -0.39 is 0 Å². The van der Waals surface area contributed by atoms with Gasteiger partial charge in [0.25, 0.3) is 0 Å². The molecule has 0 aliphatic rings. The highest BCUT2D eigenvalue weighted by molar-refractivity contribution is 5.14. The lowest BCUT2D eigenvalue weighted by molar-refractivity contribution is 0.524. The molecule has 0 aliphatic heterocycles. The van der Waals surface area contributed by atoms with E-state index in [0.717, 1.165) is 6.42 Å². The van der Waals surface area contributed by atoms with Gasteiger partial charge >= 0.3 is 0 Å². The van der Waals surface area contributed by atoms with Crippen molar-refractivity contribution in [2.24, 2.45) is 0 Å². The molecule has 0 bridgehead atoms. The van der Waals surface area contributed by atoms with Crippen LogP contribution in [0.15, 0.2) is 30.3 Å². The number of hydrogen-bond donors (Lipinski definition) is 0. The van der Waals surface area contributed by atoms with Gasteiger partial charge in [0.2, 0.25) is 0 Å². The number of rotatable bonds is 20. The van der Waals surface area contributed by atoms with Crippen molar-refractivity contribution >= 4 is 0 Å². The fraction of sp³-hybridized carbons (Fsp3) is 0.741. The Morgan fingerprint density at radius 2 is 0.741 bits per heavy atom. The van der Waals surface area contributed by atoms with Crippen LogP contribution < -0.4 is 0 Å². The van der Waals surface area contributed by atoms with Crippen molar-refractivity contribution in [3.8, 4) is 0 Å². The van der Waals surface area contributed by atoms with Gasteiger partial charge in [-0.3, -0.25) is 0 Å². The summed E-state index contributed by atoms with van der Waals surface area (Å²) in [5.41, 5.74) is 1.50. The molecular weight excluding hydrogens is 324 g/mol. The lowest BCUT2D eigenvalue weighted by atomic mass is 10.0. The van der Waals surface area contributed by atoms with Crippen LogP contribution in [0.25, 0.3) is 0 Å². The molecule has 0 aromatic heterocycles. The maximum absolute atomic E-state index is 3.91. The third-order valence-electron chi connectivity index (χ3n) is 5.81. The summed E-state index contributed by atoms with van der Waals surface area (Å²) in [7, 11) is 0. The van der Waals surface area contributed by atoms with Crippen LogP contribution in [0.1, 0.15) is 128 Å². The standard InChI is InChI=1S/C27H47/c1-2-3-4-5-6-7-8-9-10-11-12-13-14-15-16-17-18-19-21-24-27-25-22-20-23-26-27/h20,22-23,25-26H,1-19,21,24H2. The molecule has 0 nitrogen and oxygen atoms in total. The third kappa shape index (κ3) is 17.1. The first-order valence-corrected chi connectivity index (χ1v) is 12.3. The summed E-state index contributed by atoms with van der Waals surface area (Å²) in [5.74, 6) is 0. The average Bonchev–Trinajstić information content (AvgIpc) is 2.70. The van der Waals surface area contributed by atoms with Crippen LogP contribution in [-0.2, 0) is 6.42 Å². The molecular formula is C27H47. The second kappa shape index (κ2) is 20.0. The van der Waals surface area contributed by atoms with Gasteiger partial charge in [-0.1, -0.05) is 153 Å².